The summed E-state index contributed by atoms with van der Waals surface area (Å²) in [4.78, 5) is 15.2. The van der Waals surface area contributed by atoms with Gasteiger partial charge in [0.2, 0.25) is 10.0 Å². The van der Waals surface area contributed by atoms with Gasteiger partial charge < -0.3 is 10.1 Å². The van der Waals surface area contributed by atoms with Crippen molar-refractivity contribution in [1.29, 1.82) is 0 Å². The molecule has 0 bridgehead atoms. The molecule has 2 unspecified atom stereocenters. The number of amides is 1. The minimum Gasteiger partial charge on any atom is -0.373 e. The number of anilines is 1. The molecule has 0 spiro atoms. The lowest BCUT2D eigenvalue weighted by molar-refractivity contribution is -0.0704. The topological polar surface area (TPSA) is 79.0 Å². The molecular formula is C24H33N3O4S. The van der Waals surface area contributed by atoms with Crippen LogP contribution in [0.1, 0.15) is 43.6 Å². The largest absolute Gasteiger partial charge is 0.373 e. The molecule has 8 heteroatoms. The van der Waals surface area contributed by atoms with Gasteiger partial charge in [-0.15, -0.1) is 0 Å². The molecule has 0 radical (unpaired) electrons. The zero-order chi connectivity index (χ0) is 23.5. The van der Waals surface area contributed by atoms with Gasteiger partial charge in [-0.05, 0) is 69.7 Å². The Hall–Kier alpha value is -2.26. The van der Waals surface area contributed by atoms with E-state index in [0.717, 1.165) is 25.2 Å². The Kier molecular flexibility index (Phi) is 7.71. The summed E-state index contributed by atoms with van der Waals surface area (Å²) in [5.41, 5.74) is 2.24. The van der Waals surface area contributed by atoms with Crippen molar-refractivity contribution >= 4 is 21.6 Å². The smallest absolute Gasteiger partial charge is 0.255 e. The number of hydrogen-bond donors (Lipinski definition) is 1. The van der Waals surface area contributed by atoms with Gasteiger partial charge in [-0.3, -0.25) is 9.69 Å². The predicted molar refractivity (Wildman–Crippen MR) is 126 cm³/mol. The van der Waals surface area contributed by atoms with E-state index in [0.29, 0.717) is 11.3 Å². The molecule has 2 aromatic rings. The lowest BCUT2D eigenvalue weighted by Gasteiger charge is -2.35. The highest BCUT2D eigenvalue weighted by Gasteiger charge is 2.23. The number of nitrogens with one attached hydrogen (secondary N) is 1. The lowest BCUT2D eigenvalue weighted by Crippen LogP contribution is -2.44. The van der Waals surface area contributed by atoms with E-state index in [2.05, 4.69) is 24.1 Å². The summed E-state index contributed by atoms with van der Waals surface area (Å²) in [5, 5.41) is 2.83. The second-order valence-corrected chi connectivity index (χ2v) is 10.7. The standard InChI is InChI=1S/C24H33N3O4S/c1-17(2)26(5)32(29,30)23-12-10-22(11-13-23)25-24(28)21-8-6-20(7-9-21)16-27-14-18(3)31-19(4)15-27/h6-13,17-19H,14-16H2,1-5H3,(H,25,28). The maximum Gasteiger partial charge on any atom is 0.255 e. The van der Waals surface area contributed by atoms with Crippen molar-refractivity contribution in [3.63, 3.8) is 0 Å². The minimum atomic E-state index is -3.55. The summed E-state index contributed by atoms with van der Waals surface area (Å²) in [7, 11) is -2.00. The first-order chi connectivity index (χ1) is 15.1. The van der Waals surface area contributed by atoms with Gasteiger partial charge in [0.05, 0.1) is 17.1 Å². The third-order valence-electron chi connectivity index (χ3n) is 5.63. The molecule has 2 atom stereocenters. The zero-order valence-corrected chi connectivity index (χ0v) is 20.2. The van der Waals surface area contributed by atoms with Crippen LogP contribution in [0.5, 0.6) is 0 Å². The Labute approximate surface area is 191 Å². The third kappa shape index (κ3) is 5.95. The second-order valence-electron chi connectivity index (χ2n) is 8.74. The minimum absolute atomic E-state index is 0.141. The number of carbonyl (C=O) groups is 1. The van der Waals surface area contributed by atoms with Crippen LogP contribution in [0, 0.1) is 0 Å². The van der Waals surface area contributed by atoms with E-state index in [1.165, 1.54) is 16.4 Å². The number of hydrogen-bond acceptors (Lipinski definition) is 5. The molecule has 1 fully saturated rings. The van der Waals surface area contributed by atoms with Crippen molar-refractivity contribution < 1.29 is 17.9 Å². The maximum atomic E-state index is 12.6. The summed E-state index contributed by atoms with van der Waals surface area (Å²) >= 11 is 0. The first-order valence-corrected chi connectivity index (χ1v) is 12.4. The van der Waals surface area contributed by atoms with E-state index in [1.54, 1.807) is 19.2 Å². The number of nitrogens with zero attached hydrogens (tertiary/aromatic N) is 2. The fourth-order valence-electron chi connectivity index (χ4n) is 3.79. The van der Waals surface area contributed by atoms with Crippen LogP contribution in [0.4, 0.5) is 5.69 Å². The highest BCUT2D eigenvalue weighted by Crippen LogP contribution is 2.20. The number of sulfonamides is 1. The first kappa shape index (κ1) is 24.4. The van der Waals surface area contributed by atoms with Crippen LogP contribution in [0.25, 0.3) is 0 Å². The average molecular weight is 460 g/mol. The van der Waals surface area contributed by atoms with Crippen LogP contribution in [0.2, 0.25) is 0 Å². The number of benzene rings is 2. The molecule has 32 heavy (non-hydrogen) atoms. The number of morpholine rings is 1. The van der Waals surface area contributed by atoms with Gasteiger partial charge in [-0.2, -0.15) is 4.31 Å². The van der Waals surface area contributed by atoms with Crippen LogP contribution < -0.4 is 5.32 Å². The molecule has 0 aliphatic carbocycles. The van der Waals surface area contributed by atoms with Crippen molar-refractivity contribution in [2.45, 2.75) is 57.4 Å². The van der Waals surface area contributed by atoms with Gasteiger partial charge in [-0.1, -0.05) is 12.1 Å². The molecule has 1 N–H and O–H groups in total. The Balaban J connectivity index is 1.61. The second kappa shape index (κ2) is 10.1. The molecule has 1 aliphatic heterocycles. The van der Waals surface area contributed by atoms with Crippen molar-refractivity contribution in [3.05, 3.63) is 59.7 Å². The number of rotatable bonds is 7. The van der Waals surface area contributed by atoms with E-state index in [4.69, 9.17) is 4.74 Å². The van der Waals surface area contributed by atoms with E-state index < -0.39 is 10.0 Å². The number of carbonyl (C=O) groups excluding carboxylic acids is 1. The van der Waals surface area contributed by atoms with Crippen molar-refractivity contribution in [1.82, 2.24) is 9.21 Å². The summed E-state index contributed by atoms with van der Waals surface area (Å²) in [5.74, 6) is -0.236. The maximum absolute atomic E-state index is 12.6. The molecule has 0 aromatic heterocycles. The molecular weight excluding hydrogens is 426 g/mol. The van der Waals surface area contributed by atoms with E-state index >= 15 is 0 Å². The van der Waals surface area contributed by atoms with Crippen LogP contribution in [0.15, 0.2) is 53.4 Å². The molecule has 7 nitrogen and oxygen atoms in total. The van der Waals surface area contributed by atoms with Gasteiger partial charge in [0, 0.05) is 44.0 Å². The van der Waals surface area contributed by atoms with E-state index in [1.807, 2.05) is 38.1 Å². The highest BCUT2D eigenvalue weighted by atomic mass is 32.2. The molecule has 1 heterocycles. The lowest BCUT2D eigenvalue weighted by atomic mass is 10.1. The Morgan fingerprint density at radius 1 is 1.06 bits per heavy atom. The number of ether oxygens (including phenoxy) is 1. The molecule has 3 rings (SSSR count). The molecule has 1 aliphatic rings. The van der Waals surface area contributed by atoms with Crippen molar-refractivity contribution in [3.8, 4) is 0 Å². The van der Waals surface area contributed by atoms with Crippen LogP contribution in [-0.4, -0.2) is 61.9 Å². The Morgan fingerprint density at radius 3 is 2.16 bits per heavy atom. The highest BCUT2D eigenvalue weighted by molar-refractivity contribution is 7.89. The van der Waals surface area contributed by atoms with E-state index in [-0.39, 0.29) is 29.1 Å². The summed E-state index contributed by atoms with van der Waals surface area (Å²) < 4.78 is 32.2. The average Bonchev–Trinajstić information content (AvgIpc) is 2.73. The Bertz CT molecular complexity index is 1010. The fraction of sp³-hybridized carbons (Fsp3) is 0.458. The normalized spacial score (nSPS) is 20.0. The predicted octanol–water partition coefficient (Wildman–Crippen LogP) is 3.58. The monoisotopic (exact) mass is 459 g/mol. The van der Waals surface area contributed by atoms with Crippen molar-refractivity contribution in [2.75, 3.05) is 25.5 Å². The molecule has 2 aromatic carbocycles. The summed E-state index contributed by atoms with van der Waals surface area (Å²) in [6.07, 6.45) is 0.437. The van der Waals surface area contributed by atoms with Gasteiger partial charge in [0.25, 0.3) is 5.91 Å². The van der Waals surface area contributed by atoms with Gasteiger partial charge >= 0.3 is 0 Å². The SMILES string of the molecule is CC1CN(Cc2ccc(C(=O)Nc3ccc(S(=O)(=O)N(C)C(C)C)cc3)cc2)CC(C)O1. The van der Waals surface area contributed by atoms with Gasteiger partial charge in [-0.25, -0.2) is 8.42 Å². The quantitative estimate of drug-likeness (QED) is 0.685. The molecule has 1 saturated heterocycles. The Morgan fingerprint density at radius 2 is 1.62 bits per heavy atom. The molecule has 174 valence electrons. The van der Waals surface area contributed by atoms with Crippen LogP contribution in [0.3, 0.4) is 0 Å². The first-order valence-electron chi connectivity index (χ1n) is 10.9. The fourth-order valence-corrected chi connectivity index (χ4v) is 5.16. The van der Waals surface area contributed by atoms with Gasteiger partial charge in [0.15, 0.2) is 0 Å². The summed E-state index contributed by atoms with van der Waals surface area (Å²) in [6.45, 7) is 10.4. The molecule has 1 amide bonds. The molecule has 0 saturated carbocycles. The zero-order valence-electron chi connectivity index (χ0n) is 19.4. The van der Waals surface area contributed by atoms with Gasteiger partial charge in [0.1, 0.15) is 0 Å². The van der Waals surface area contributed by atoms with Crippen molar-refractivity contribution in [2.24, 2.45) is 0 Å². The van der Waals surface area contributed by atoms with E-state index in [9.17, 15) is 13.2 Å². The van der Waals surface area contributed by atoms with Crippen LogP contribution in [-0.2, 0) is 21.3 Å². The summed E-state index contributed by atoms with van der Waals surface area (Å²) in [6, 6.07) is 13.7. The third-order valence-corrected chi connectivity index (χ3v) is 7.68. The van der Waals surface area contributed by atoms with Crippen LogP contribution >= 0.6 is 0 Å².